The Kier molecular flexibility index (Phi) is 7.55. The van der Waals surface area contributed by atoms with Gasteiger partial charge in [-0.2, -0.15) is 0 Å². The molecule has 0 atom stereocenters. The largest absolute Gasteiger partial charge is 0.496 e. The van der Waals surface area contributed by atoms with Crippen LogP contribution >= 0.6 is 0 Å². The number of methoxy groups -OCH3 is 3. The highest BCUT2D eigenvalue weighted by Crippen LogP contribution is 2.27. The number of amides is 1. The number of benzene rings is 2. The monoisotopic (exact) mass is 355 g/mol. The van der Waals surface area contributed by atoms with Crippen LogP contribution in [0.25, 0.3) is 6.08 Å². The molecule has 2 aromatic rings. The number of rotatable bonds is 9. The highest BCUT2D eigenvalue weighted by molar-refractivity contribution is 5.92. The lowest BCUT2D eigenvalue weighted by atomic mass is 10.1. The van der Waals surface area contributed by atoms with E-state index in [-0.39, 0.29) is 5.91 Å². The molecule has 2 rings (SSSR count). The van der Waals surface area contributed by atoms with E-state index in [0.717, 1.165) is 29.7 Å². The van der Waals surface area contributed by atoms with Gasteiger partial charge in [-0.1, -0.05) is 24.3 Å². The van der Waals surface area contributed by atoms with E-state index in [9.17, 15) is 4.79 Å². The molecule has 0 bridgehead atoms. The molecule has 0 aliphatic rings. The van der Waals surface area contributed by atoms with Crippen LogP contribution in [0.4, 0.5) is 0 Å². The maximum Gasteiger partial charge on any atom is 0.244 e. The molecule has 0 heterocycles. The topological polar surface area (TPSA) is 56.8 Å². The molecule has 0 saturated heterocycles. The molecule has 5 heteroatoms. The first-order valence-corrected chi connectivity index (χ1v) is 8.47. The molecule has 0 aliphatic heterocycles. The second-order valence-corrected chi connectivity index (χ2v) is 5.66. The first-order chi connectivity index (χ1) is 12.7. The summed E-state index contributed by atoms with van der Waals surface area (Å²) in [6, 6.07) is 13.4. The average Bonchev–Trinajstić information content (AvgIpc) is 2.69. The third-order valence-electron chi connectivity index (χ3n) is 3.94. The van der Waals surface area contributed by atoms with E-state index in [4.69, 9.17) is 14.2 Å². The number of para-hydroxylation sites is 1. The molecule has 0 radical (unpaired) electrons. The maximum atomic E-state index is 11.9. The lowest BCUT2D eigenvalue weighted by Crippen LogP contribution is -2.22. The minimum absolute atomic E-state index is 0.122. The molecule has 0 aromatic heterocycles. The summed E-state index contributed by atoms with van der Waals surface area (Å²) in [5.74, 6) is 2.05. The fourth-order valence-electron chi connectivity index (χ4n) is 2.57. The number of ether oxygens (including phenoxy) is 3. The second kappa shape index (κ2) is 10.1. The van der Waals surface area contributed by atoms with Crippen molar-refractivity contribution in [1.82, 2.24) is 5.32 Å². The molecule has 0 aliphatic carbocycles. The van der Waals surface area contributed by atoms with Gasteiger partial charge in [-0.05, 0) is 42.7 Å². The van der Waals surface area contributed by atoms with E-state index in [2.05, 4.69) is 5.32 Å². The summed E-state index contributed by atoms with van der Waals surface area (Å²) in [5.41, 5.74) is 2.01. The second-order valence-electron chi connectivity index (χ2n) is 5.66. The summed E-state index contributed by atoms with van der Waals surface area (Å²) in [6.45, 7) is 0.601. The fraction of sp³-hybridized carbons (Fsp3) is 0.286. The van der Waals surface area contributed by atoms with Gasteiger partial charge < -0.3 is 19.5 Å². The van der Waals surface area contributed by atoms with E-state index in [1.165, 1.54) is 6.08 Å². The highest BCUT2D eigenvalue weighted by Gasteiger charge is 2.05. The molecule has 0 spiro atoms. The Hall–Kier alpha value is -2.95. The van der Waals surface area contributed by atoms with Crippen LogP contribution in [-0.4, -0.2) is 33.8 Å². The summed E-state index contributed by atoms with van der Waals surface area (Å²) in [7, 11) is 4.85. The molecule has 1 amide bonds. The van der Waals surface area contributed by atoms with Crippen molar-refractivity contribution in [2.45, 2.75) is 12.8 Å². The van der Waals surface area contributed by atoms with Gasteiger partial charge in [0.2, 0.25) is 5.91 Å². The van der Waals surface area contributed by atoms with Crippen LogP contribution in [0.2, 0.25) is 0 Å². The number of aryl methyl sites for hydroxylation is 1. The summed E-state index contributed by atoms with van der Waals surface area (Å²) in [6.07, 6.45) is 4.96. The van der Waals surface area contributed by atoms with Crippen LogP contribution < -0.4 is 19.5 Å². The minimum Gasteiger partial charge on any atom is -0.496 e. The van der Waals surface area contributed by atoms with Crippen molar-refractivity contribution in [3.8, 4) is 17.2 Å². The van der Waals surface area contributed by atoms with Crippen molar-refractivity contribution in [2.75, 3.05) is 27.9 Å². The van der Waals surface area contributed by atoms with E-state index in [0.29, 0.717) is 18.0 Å². The minimum atomic E-state index is -0.122. The van der Waals surface area contributed by atoms with Gasteiger partial charge in [0.1, 0.15) is 5.75 Å². The smallest absolute Gasteiger partial charge is 0.244 e. The Morgan fingerprint density at radius 2 is 1.69 bits per heavy atom. The van der Waals surface area contributed by atoms with Gasteiger partial charge in [0, 0.05) is 18.2 Å². The van der Waals surface area contributed by atoms with Crippen LogP contribution in [0.5, 0.6) is 17.2 Å². The molecule has 2 aromatic carbocycles. The SMILES string of the molecule is COc1ccccc1/C=C/C(=O)NCCCc1ccc(OC)c(OC)c1. The molecular formula is C21H25NO4. The maximum absolute atomic E-state index is 11.9. The first kappa shape index (κ1) is 19.4. The van der Waals surface area contributed by atoms with Crippen LogP contribution in [0.15, 0.2) is 48.5 Å². The van der Waals surface area contributed by atoms with Crippen LogP contribution in [0.1, 0.15) is 17.5 Å². The van der Waals surface area contributed by atoms with Gasteiger partial charge in [0.25, 0.3) is 0 Å². The fourth-order valence-corrected chi connectivity index (χ4v) is 2.57. The van der Waals surface area contributed by atoms with Crippen LogP contribution in [0.3, 0.4) is 0 Å². The summed E-state index contributed by atoms with van der Waals surface area (Å²) in [5, 5.41) is 2.89. The molecule has 0 unspecified atom stereocenters. The third kappa shape index (κ3) is 5.55. The molecule has 0 saturated carbocycles. The lowest BCUT2D eigenvalue weighted by Gasteiger charge is -2.09. The Labute approximate surface area is 154 Å². The van der Waals surface area contributed by atoms with Crippen molar-refractivity contribution in [3.63, 3.8) is 0 Å². The van der Waals surface area contributed by atoms with Crippen molar-refractivity contribution in [1.29, 1.82) is 0 Å². The summed E-state index contributed by atoms with van der Waals surface area (Å²) in [4.78, 5) is 11.9. The number of hydrogen-bond acceptors (Lipinski definition) is 4. The van der Waals surface area contributed by atoms with Gasteiger partial charge in [0.15, 0.2) is 11.5 Å². The van der Waals surface area contributed by atoms with Crippen molar-refractivity contribution >= 4 is 12.0 Å². The normalized spacial score (nSPS) is 10.6. The number of carbonyl (C=O) groups is 1. The molecule has 26 heavy (non-hydrogen) atoms. The quantitative estimate of drug-likeness (QED) is 0.553. The average molecular weight is 355 g/mol. The van der Waals surface area contributed by atoms with Crippen molar-refractivity contribution in [3.05, 3.63) is 59.7 Å². The number of carbonyl (C=O) groups excluding carboxylic acids is 1. The van der Waals surface area contributed by atoms with Gasteiger partial charge >= 0.3 is 0 Å². The van der Waals surface area contributed by atoms with Crippen LogP contribution in [0, 0.1) is 0 Å². The van der Waals surface area contributed by atoms with Crippen molar-refractivity contribution in [2.24, 2.45) is 0 Å². The molecule has 138 valence electrons. The molecular weight excluding hydrogens is 330 g/mol. The Bertz CT molecular complexity index is 755. The molecule has 0 fully saturated rings. The highest BCUT2D eigenvalue weighted by atomic mass is 16.5. The Morgan fingerprint density at radius 1 is 0.962 bits per heavy atom. The van der Waals surface area contributed by atoms with Gasteiger partial charge in [-0.3, -0.25) is 4.79 Å². The van der Waals surface area contributed by atoms with Crippen molar-refractivity contribution < 1.29 is 19.0 Å². The predicted molar refractivity (Wildman–Crippen MR) is 103 cm³/mol. The summed E-state index contributed by atoms with van der Waals surface area (Å²) >= 11 is 0. The van der Waals surface area contributed by atoms with E-state index >= 15 is 0 Å². The lowest BCUT2D eigenvalue weighted by molar-refractivity contribution is -0.116. The van der Waals surface area contributed by atoms with E-state index in [1.54, 1.807) is 27.4 Å². The standard InChI is InChI=1S/C21H25NO4/c1-24-18-9-5-4-8-17(18)11-13-21(23)22-14-6-7-16-10-12-19(25-2)20(15-16)26-3/h4-5,8-13,15H,6-7,14H2,1-3H3,(H,22,23)/b13-11+. The van der Waals surface area contributed by atoms with Crippen LogP contribution in [-0.2, 0) is 11.2 Å². The number of hydrogen-bond donors (Lipinski definition) is 1. The zero-order valence-corrected chi connectivity index (χ0v) is 15.5. The summed E-state index contributed by atoms with van der Waals surface area (Å²) < 4.78 is 15.8. The zero-order chi connectivity index (χ0) is 18.8. The Balaban J connectivity index is 1.79. The Morgan fingerprint density at radius 3 is 2.42 bits per heavy atom. The molecule has 5 nitrogen and oxygen atoms in total. The zero-order valence-electron chi connectivity index (χ0n) is 15.5. The molecule has 1 N–H and O–H groups in total. The van der Waals surface area contributed by atoms with Gasteiger partial charge in [-0.25, -0.2) is 0 Å². The van der Waals surface area contributed by atoms with Gasteiger partial charge in [0.05, 0.1) is 21.3 Å². The third-order valence-corrected chi connectivity index (χ3v) is 3.94. The van der Waals surface area contributed by atoms with Gasteiger partial charge in [-0.15, -0.1) is 0 Å². The van der Waals surface area contributed by atoms with E-state index in [1.807, 2.05) is 42.5 Å². The first-order valence-electron chi connectivity index (χ1n) is 8.47. The van der Waals surface area contributed by atoms with E-state index < -0.39 is 0 Å². The number of nitrogens with one attached hydrogen (secondary N) is 1. The predicted octanol–water partition coefficient (Wildman–Crippen LogP) is 3.47.